The molecule has 0 spiro atoms. The van der Waals surface area contributed by atoms with Crippen LogP contribution < -0.4 is 10.1 Å². The Morgan fingerprint density at radius 1 is 1.39 bits per heavy atom. The number of amides is 1. The molecule has 0 saturated carbocycles. The van der Waals surface area contributed by atoms with Crippen LogP contribution in [0.5, 0.6) is 5.75 Å². The Labute approximate surface area is 112 Å². The SMILES string of the molecule is COc1ccccc1C(=O)NCCSCCCO. The Hall–Kier alpha value is -1.20. The Kier molecular flexibility index (Phi) is 7.29. The molecule has 1 aromatic rings. The zero-order valence-corrected chi connectivity index (χ0v) is 11.3. The van der Waals surface area contributed by atoms with Crippen LogP contribution in [0.1, 0.15) is 16.8 Å². The third kappa shape index (κ3) is 4.98. The molecule has 0 aromatic heterocycles. The van der Waals surface area contributed by atoms with Crippen LogP contribution in [0.3, 0.4) is 0 Å². The number of ether oxygens (including phenoxy) is 1. The first kappa shape index (κ1) is 14.9. The fourth-order valence-corrected chi connectivity index (χ4v) is 2.22. The monoisotopic (exact) mass is 269 g/mol. The molecule has 4 nitrogen and oxygen atoms in total. The van der Waals surface area contributed by atoms with Gasteiger partial charge in [0.2, 0.25) is 0 Å². The van der Waals surface area contributed by atoms with Gasteiger partial charge in [-0.1, -0.05) is 12.1 Å². The molecule has 1 rings (SSSR count). The third-order valence-corrected chi connectivity index (χ3v) is 3.40. The van der Waals surface area contributed by atoms with Gasteiger partial charge in [-0.15, -0.1) is 0 Å². The van der Waals surface area contributed by atoms with Gasteiger partial charge in [0.25, 0.3) is 5.91 Å². The van der Waals surface area contributed by atoms with Gasteiger partial charge in [-0.25, -0.2) is 0 Å². The van der Waals surface area contributed by atoms with Crippen LogP contribution in [0.25, 0.3) is 0 Å². The minimum Gasteiger partial charge on any atom is -0.496 e. The lowest BCUT2D eigenvalue weighted by atomic mass is 10.2. The number of methoxy groups -OCH3 is 1. The molecule has 18 heavy (non-hydrogen) atoms. The molecular formula is C13H19NO3S. The van der Waals surface area contributed by atoms with Crippen molar-refractivity contribution in [1.82, 2.24) is 5.32 Å². The lowest BCUT2D eigenvalue weighted by Crippen LogP contribution is -2.26. The Morgan fingerprint density at radius 2 is 2.17 bits per heavy atom. The van der Waals surface area contributed by atoms with E-state index in [0.717, 1.165) is 17.9 Å². The standard InChI is InChI=1S/C13H19NO3S/c1-17-12-6-3-2-5-11(12)13(16)14-7-10-18-9-4-8-15/h2-3,5-6,15H,4,7-10H2,1H3,(H,14,16). The molecule has 5 heteroatoms. The molecule has 0 heterocycles. The van der Waals surface area contributed by atoms with Gasteiger partial charge in [-0.2, -0.15) is 11.8 Å². The van der Waals surface area contributed by atoms with Gasteiger partial charge in [0.15, 0.2) is 0 Å². The summed E-state index contributed by atoms with van der Waals surface area (Å²) in [6.07, 6.45) is 0.797. The van der Waals surface area contributed by atoms with E-state index in [1.54, 1.807) is 31.0 Å². The van der Waals surface area contributed by atoms with E-state index < -0.39 is 0 Å². The summed E-state index contributed by atoms with van der Waals surface area (Å²) in [5, 5.41) is 11.5. The molecule has 0 unspecified atom stereocenters. The highest BCUT2D eigenvalue weighted by Gasteiger charge is 2.09. The van der Waals surface area contributed by atoms with Crippen LogP contribution in [0, 0.1) is 0 Å². The van der Waals surface area contributed by atoms with Gasteiger partial charge >= 0.3 is 0 Å². The number of carbonyl (C=O) groups is 1. The van der Waals surface area contributed by atoms with Crippen molar-refractivity contribution in [2.75, 3.05) is 31.8 Å². The van der Waals surface area contributed by atoms with Crippen molar-refractivity contribution in [3.63, 3.8) is 0 Å². The molecule has 1 aromatic carbocycles. The third-order valence-electron chi connectivity index (χ3n) is 2.33. The van der Waals surface area contributed by atoms with Crippen molar-refractivity contribution in [2.24, 2.45) is 0 Å². The summed E-state index contributed by atoms with van der Waals surface area (Å²) in [6, 6.07) is 7.16. The molecule has 0 atom stereocenters. The van der Waals surface area contributed by atoms with Crippen LogP contribution in [0.2, 0.25) is 0 Å². The van der Waals surface area contributed by atoms with Gasteiger partial charge in [0, 0.05) is 18.9 Å². The highest BCUT2D eigenvalue weighted by atomic mass is 32.2. The summed E-state index contributed by atoms with van der Waals surface area (Å²) in [7, 11) is 1.55. The summed E-state index contributed by atoms with van der Waals surface area (Å²) in [5.41, 5.74) is 0.556. The zero-order valence-electron chi connectivity index (χ0n) is 10.5. The van der Waals surface area contributed by atoms with E-state index >= 15 is 0 Å². The summed E-state index contributed by atoms with van der Waals surface area (Å²) in [6.45, 7) is 0.841. The Bertz CT molecular complexity index is 371. The van der Waals surface area contributed by atoms with Crippen LogP contribution >= 0.6 is 11.8 Å². The van der Waals surface area contributed by atoms with Crippen molar-refractivity contribution in [3.05, 3.63) is 29.8 Å². The number of hydrogen-bond acceptors (Lipinski definition) is 4. The fourth-order valence-electron chi connectivity index (χ4n) is 1.43. The van der Waals surface area contributed by atoms with E-state index in [9.17, 15) is 4.79 Å². The average Bonchev–Trinajstić information content (AvgIpc) is 2.42. The molecule has 1 amide bonds. The number of aliphatic hydroxyl groups is 1. The number of carbonyl (C=O) groups excluding carboxylic acids is 1. The molecule has 100 valence electrons. The minimum absolute atomic E-state index is 0.116. The largest absolute Gasteiger partial charge is 0.496 e. The van der Waals surface area contributed by atoms with Crippen molar-refractivity contribution in [2.45, 2.75) is 6.42 Å². The van der Waals surface area contributed by atoms with E-state index in [2.05, 4.69) is 5.32 Å². The normalized spacial score (nSPS) is 10.1. The molecule has 0 bridgehead atoms. The maximum absolute atomic E-state index is 11.9. The first-order valence-electron chi connectivity index (χ1n) is 5.89. The number of aliphatic hydroxyl groups excluding tert-OH is 1. The van der Waals surface area contributed by atoms with Crippen molar-refractivity contribution in [1.29, 1.82) is 0 Å². The number of benzene rings is 1. The number of hydrogen-bond donors (Lipinski definition) is 2. The van der Waals surface area contributed by atoms with Crippen molar-refractivity contribution in [3.8, 4) is 5.75 Å². The van der Waals surface area contributed by atoms with Crippen LogP contribution in [-0.4, -0.2) is 42.8 Å². The second kappa shape index (κ2) is 8.83. The highest BCUT2D eigenvalue weighted by molar-refractivity contribution is 7.99. The summed E-state index contributed by atoms with van der Waals surface area (Å²) in [4.78, 5) is 11.9. The number of para-hydroxylation sites is 1. The molecule has 0 radical (unpaired) electrons. The Morgan fingerprint density at radius 3 is 2.89 bits per heavy atom. The molecule has 0 fully saturated rings. The van der Waals surface area contributed by atoms with Gasteiger partial charge in [0.1, 0.15) is 5.75 Å². The number of rotatable bonds is 8. The first-order valence-corrected chi connectivity index (χ1v) is 7.05. The molecule has 0 aliphatic carbocycles. The zero-order chi connectivity index (χ0) is 13.2. The Balaban J connectivity index is 2.32. The van der Waals surface area contributed by atoms with Gasteiger partial charge in [-0.05, 0) is 24.3 Å². The van der Waals surface area contributed by atoms with Crippen LogP contribution in [0.15, 0.2) is 24.3 Å². The average molecular weight is 269 g/mol. The maximum Gasteiger partial charge on any atom is 0.255 e. The molecule has 0 aliphatic rings. The van der Waals surface area contributed by atoms with E-state index in [0.29, 0.717) is 17.9 Å². The van der Waals surface area contributed by atoms with E-state index in [-0.39, 0.29) is 12.5 Å². The second-order valence-electron chi connectivity index (χ2n) is 3.65. The first-order chi connectivity index (χ1) is 8.79. The summed E-state index contributed by atoms with van der Waals surface area (Å²) in [5.74, 6) is 2.24. The lowest BCUT2D eigenvalue weighted by Gasteiger charge is -2.08. The van der Waals surface area contributed by atoms with Gasteiger partial charge < -0.3 is 15.2 Å². The fraction of sp³-hybridized carbons (Fsp3) is 0.462. The predicted molar refractivity (Wildman–Crippen MR) is 74.4 cm³/mol. The van der Waals surface area contributed by atoms with Gasteiger partial charge in [-0.3, -0.25) is 4.79 Å². The predicted octanol–water partition coefficient (Wildman–Crippen LogP) is 1.54. The van der Waals surface area contributed by atoms with Crippen LogP contribution in [-0.2, 0) is 0 Å². The van der Waals surface area contributed by atoms with E-state index in [1.807, 2.05) is 12.1 Å². The van der Waals surface area contributed by atoms with Crippen molar-refractivity contribution < 1.29 is 14.6 Å². The maximum atomic E-state index is 11.9. The minimum atomic E-state index is -0.116. The van der Waals surface area contributed by atoms with Crippen molar-refractivity contribution >= 4 is 17.7 Å². The highest BCUT2D eigenvalue weighted by Crippen LogP contribution is 2.16. The quantitative estimate of drug-likeness (QED) is 0.703. The lowest BCUT2D eigenvalue weighted by molar-refractivity contribution is 0.0953. The number of nitrogens with one attached hydrogen (secondary N) is 1. The second-order valence-corrected chi connectivity index (χ2v) is 4.87. The summed E-state index contributed by atoms with van der Waals surface area (Å²) >= 11 is 1.72. The van der Waals surface area contributed by atoms with E-state index in [1.165, 1.54) is 0 Å². The smallest absolute Gasteiger partial charge is 0.255 e. The van der Waals surface area contributed by atoms with Crippen LogP contribution in [0.4, 0.5) is 0 Å². The van der Waals surface area contributed by atoms with Gasteiger partial charge in [0.05, 0.1) is 12.7 Å². The molecule has 2 N–H and O–H groups in total. The molecular weight excluding hydrogens is 250 g/mol. The number of thioether (sulfide) groups is 1. The topological polar surface area (TPSA) is 58.6 Å². The van der Waals surface area contributed by atoms with E-state index in [4.69, 9.17) is 9.84 Å². The summed E-state index contributed by atoms with van der Waals surface area (Å²) < 4.78 is 5.13. The molecule has 0 aliphatic heterocycles. The molecule has 0 saturated heterocycles.